The average molecular weight is 433 g/mol. The summed E-state index contributed by atoms with van der Waals surface area (Å²) >= 11 is 0. The maximum Gasteiger partial charge on any atom is 0.408 e. The minimum absolute atomic E-state index is 0.150. The molecule has 0 saturated carbocycles. The van der Waals surface area contributed by atoms with Crippen LogP contribution in [0.25, 0.3) is 0 Å². The zero-order valence-corrected chi connectivity index (χ0v) is 18.9. The largest absolute Gasteiger partial charge is 0.497 e. The summed E-state index contributed by atoms with van der Waals surface area (Å²) in [6.45, 7) is 6.15. The first-order chi connectivity index (χ1) is 14.6. The minimum atomic E-state index is -3.30. The molecular weight excluding hydrogens is 401 g/mol. The van der Waals surface area contributed by atoms with Gasteiger partial charge >= 0.3 is 7.75 Å². The summed E-state index contributed by atoms with van der Waals surface area (Å²) in [5.74, 6) is 2.05. The predicted octanol–water partition coefficient (Wildman–Crippen LogP) is 5.36. The van der Waals surface area contributed by atoms with Crippen LogP contribution in [0.5, 0.6) is 11.5 Å². The molecule has 2 unspecified atom stereocenters. The molecule has 2 aromatic carbocycles. The molecule has 0 spiro atoms. The number of ether oxygens (including phenoxy) is 2. The molecule has 0 amide bonds. The molecule has 30 heavy (non-hydrogen) atoms. The second-order valence-electron chi connectivity index (χ2n) is 7.27. The first-order valence-corrected chi connectivity index (χ1v) is 12.1. The zero-order valence-electron chi connectivity index (χ0n) is 18.0. The maximum atomic E-state index is 13.3. The van der Waals surface area contributed by atoms with E-state index in [9.17, 15) is 4.57 Å². The molecule has 164 valence electrons. The highest BCUT2D eigenvalue weighted by Gasteiger charge is 2.40. The summed E-state index contributed by atoms with van der Waals surface area (Å²) in [5.41, 5.74) is 1.28. The minimum Gasteiger partial charge on any atom is -0.497 e. The molecule has 0 aromatic heterocycles. The predicted molar refractivity (Wildman–Crippen MR) is 118 cm³/mol. The lowest BCUT2D eigenvalue weighted by Gasteiger charge is -2.40. The van der Waals surface area contributed by atoms with Gasteiger partial charge in [-0.15, -0.1) is 0 Å². The third-order valence-corrected chi connectivity index (χ3v) is 7.62. The highest BCUT2D eigenvalue weighted by atomic mass is 31.2. The molecule has 0 N–H and O–H groups in total. The Kier molecular flexibility index (Phi) is 8.34. The van der Waals surface area contributed by atoms with Crippen LogP contribution in [0, 0.1) is 5.92 Å². The Labute approximate surface area is 179 Å². The number of piperidine rings is 1. The molecule has 3 rings (SSSR count). The van der Waals surface area contributed by atoms with Gasteiger partial charge in [0, 0.05) is 19.0 Å². The van der Waals surface area contributed by atoms with E-state index in [2.05, 4.69) is 24.3 Å². The van der Waals surface area contributed by atoms with E-state index in [4.69, 9.17) is 18.5 Å². The normalized spacial score (nSPS) is 20.1. The van der Waals surface area contributed by atoms with Crippen LogP contribution in [0.15, 0.2) is 54.6 Å². The molecule has 1 aliphatic heterocycles. The maximum absolute atomic E-state index is 13.3. The summed E-state index contributed by atoms with van der Waals surface area (Å²) < 4.78 is 37.7. The molecule has 7 heteroatoms. The lowest BCUT2D eigenvalue weighted by molar-refractivity contribution is 0.111. The van der Waals surface area contributed by atoms with Crippen molar-refractivity contribution in [1.82, 2.24) is 4.67 Å². The van der Waals surface area contributed by atoms with Crippen LogP contribution in [-0.4, -0.2) is 44.7 Å². The smallest absolute Gasteiger partial charge is 0.408 e. The SMILES string of the molecule is CCOP(=O)(OCC)N1CCC(c2ccccc2)C(COc2ccc(OC)cc2)C1. The average Bonchev–Trinajstić information content (AvgIpc) is 2.79. The van der Waals surface area contributed by atoms with Crippen molar-refractivity contribution in [3.05, 3.63) is 60.2 Å². The summed E-state index contributed by atoms with van der Waals surface area (Å²) in [5, 5.41) is 0. The van der Waals surface area contributed by atoms with Gasteiger partial charge in [0.05, 0.1) is 26.9 Å². The number of hydrogen-bond donors (Lipinski definition) is 0. The van der Waals surface area contributed by atoms with Gasteiger partial charge in [-0.3, -0.25) is 9.05 Å². The molecular formula is C23H32NO5P. The van der Waals surface area contributed by atoms with E-state index >= 15 is 0 Å². The number of nitrogens with zero attached hydrogens (tertiary/aromatic N) is 1. The van der Waals surface area contributed by atoms with Gasteiger partial charge in [-0.1, -0.05) is 30.3 Å². The fourth-order valence-corrected chi connectivity index (χ4v) is 5.77. The highest BCUT2D eigenvalue weighted by molar-refractivity contribution is 7.51. The Morgan fingerprint density at radius 1 is 0.967 bits per heavy atom. The lowest BCUT2D eigenvalue weighted by Crippen LogP contribution is -2.41. The van der Waals surface area contributed by atoms with E-state index in [-0.39, 0.29) is 5.92 Å². The second-order valence-corrected chi connectivity index (χ2v) is 9.29. The molecule has 2 atom stereocenters. The van der Waals surface area contributed by atoms with E-state index < -0.39 is 7.75 Å². The molecule has 6 nitrogen and oxygen atoms in total. The van der Waals surface area contributed by atoms with Crippen molar-refractivity contribution in [2.24, 2.45) is 5.92 Å². The van der Waals surface area contributed by atoms with Gasteiger partial charge in [0.15, 0.2) is 0 Å². The molecule has 1 fully saturated rings. The standard InChI is InChI=1S/C23H32NO5P/c1-4-28-30(25,29-5-2)24-16-15-23(19-9-7-6-8-10-19)20(17-24)18-27-22-13-11-21(26-3)12-14-22/h6-14,20,23H,4-5,15-18H2,1-3H3. The van der Waals surface area contributed by atoms with Crippen LogP contribution < -0.4 is 9.47 Å². The Bertz CT molecular complexity index is 804. The van der Waals surface area contributed by atoms with Crippen LogP contribution in [0.4, 0.5) is 0 Å². The summed E-state index contributed by atoms with van der Waals surface area (Å²) in [7, 11) is -1.65. The van der Waals surface area contributed by atoms with Crippen molar-refractivity contribution in [2.75, 3.05) is 40.0 Å². The Balaban J connectivity index is 1.77. The number of methoxy groups -OCH3 is 1. The third-order valence-electron chi connectivity index (χ3n) is 5.39. The van der Waals surface area contributed by atoms with Crippen LogP contribution in [0.2, 0.25) is 0 Å². The highest BCUT2D eigenvalue weighted by Crippen LogP contribution is 2.54. The molecule has 0 radical (unpaired) electrons. The van der Waals surface area contributed by atoms with Crippen LogP contribution in [0.3, 0.4) is 0 Å². The topological polar surface area (TPSA) is 57.2 Å². The Hall–Kier alpha value is -1.85. The Morgan fingerprint density at radius 2 is 1.60 bits per heavy atom. The number of rotatable bonds is 10. The molecule has 0 aliphatic carbocycles. The van der Waals surface area contributed by atoms with E-state index in [0.717, 1.165) is 17.9 Å². The summed E-state index contributed by atoms with van der Waals surface area (Å²) in [6.07, 6.45) is 0.866. The van der Waals surface area contributed by atoms with Gasteiger partial charge in [0.2, 0.25) is 0 Å². The fourth-order valence-electron chi connectivity index (χ4n) is 3.95. The monoisotopic (exact) mass is 433 g/mol. The molecule has 1 saturated heterocycles. The van der Waals surface area contributed by atoms with Gasteiger partial charge in [-0.25, -0.2) is 9.24 Å². The van der Waals surface area contributed by atoms with E-state index in [1.54, 1.807) is 7.11 Å². The van der Waals surface area contributed by atoms with E-state index in [1.807, 2.05) is 48.8 Å². The van der Waals surface area contributed by atoms with Gasteiger partial charge in [0.1, 0.15) is 11.5 Å². The number of benzene rings is 2. The zero-order chi connectivity index (χ0) is 21.4. The first kappa shape index (κ1) is 22.8. The van der Waals surface area contributed by atoms with Gasteiger partial charge in [0.25, 0.3) is 0 Å². The Morgan fingerprint density at radius 3 is 2.20 bits per heavy atom. The van der Waals surface area contributed by atoms with Crippen molar-refractivity contribution >= 4 is 7.75 Å². The van der Waals surface area contributed by atoms with Crippen LogP contribution in [-0.2, 0) is 13.6 Å². The van der Waals surface area contributed by atoms with E-state index in [0.29, 0.717) is 38.8 Å². The van der Waals surface area contributed by atoms with Crippen molar-refractivity contribution < 1.29 is 23.1 Å². The van der Waals surface area contributed by atoms with Gasteiger partial charge in [-0.2, -0.15) is 0 Å². The molecule has 1 aliphatic rings. The van der Waals surface area contributed by atoms with Crippen molar-refractivity contribution in [2.45, 2.75) is 26.2 Å². The molecule has 1 heterocycles. The second kappa shape index (κ2) is 11.0. The molecule has 0 bridgehead atoms. The van der Waals surface area contributed by atoms with Crippen molar-refractivity contribution in [3.63, 3.8) is 0 Å². The van der Waals surface area contributed by atoms with E-state index in [1.165, 1.54) is 5.56 Å². The van der Waals surface area contributed by atoms with Gasteiger partial charge in [-0.05, 0) is 56.0 Å². The number of hydrogen-bond acceptors (Lipinski definition) is 5. The van der Waals surface area contributed by atoms with Crippen LogP contribution >= 0.6 is 7.75 Å². The molecule has 2 aromatic rings. The summed E-state index contributed by atoms with van der Waals surface area (Å²) in [6, 6.07) is 18.1. The third kappa shape index (κ3) is 5.64. The summed E-state index contributed by atoms with van der Waals surface area (Å²) in [4.78, 5) is 0. The quantitative estimate of drug-likeness (QED) is 0.470. The van der Waals surface area contributed by atoms with Crippen LogP contribution in [0.1, 0.15) is 31.7 Å². The fraction of sp³-hybridized carbons (Fsp3) is 0.478. The van der Waals surface area contributed by atoms with Crippen molar-refractivity contribution in [1.29, 1.82) is 0 Å². The first-order valence-electron chi connectivity index (χ1n) is 10.6. The van der Waals surface area contributed by atoms with Gasteiger partial charge < -0.3 is 9.47 Å². The van der Waals surface area contributed by atoms with Crippen molar-refractivity contribution in [3.8, 4) is 11.5 Å². The lowest BCUT2D eigenvalue weighted by atomic mass is 9.81.